The van der Waals surface area contributed by atoms with E-state index in [0.29, 0.717) is 0 Å². The third-order valence-electron chi connectivity index (χ3n) is 12.9. The van der Waals surface area contributed by atoms with Gasteiger partial charge in [0.15, 0.2) is 0 Å². The lowest BCUT2D eigenvalue weighted by molar-refractivity contribution is 0.669. The highest BCUT2D eigenvalue weighted by molar-refractivity contribution is 6.12. The average Bonchev–Trinajstić information content (AvgIpc) is 4.11. The van der Waals surface area contributed by atoms with Crippen molar-refractivity contribution in [3.63, 3.8) is 0 Å². The number of aromatic nitrogens is 6. The maximum absolute atomic E-state index is 6.50. The number of benzene rings is 6. The van der Waals surface area contributed by atoms with Crippen molar-refractivity contribution in [3.05, 3.63) is 232 Å². The molecule has 0 aliphatic carbocycles. The molecule has 0 N–H and O–H groups in total. The minimum absolute atomic E-state index is 0.831. The van der Waals surface area contributed by atoms with Gasteiger partial charge >= 0.3 is 0 Å². The Morgan fingerprint density at radius 1 is 0.397 bits per heavy atom. The highest BCUT2D eigenvalue weighted by Crippen LogP contribution is 2.40. The summed E-state index contributed by atoms with van der Waals surface area (Å²) in [5.41, 5.74) is 18.6. The van der Waals surface area contributed by atoms with Crippen LogP contribution < -0.4 is 0 Å². The van der Waals surface area contributed by atoms with Crippen LogP contribution in [0.5, 0.6) is 0 Å². The molecule has 7 heterocycles. The zero-order valence-corrected chi connectivity index (χ0v) is 40.3. The van der Waals surface area contributed by atoms with Crippen LogP contribution in [0.2, 0.25) is 0 Å². The Morgan fingerprint density at radius 3 is 1.22 bits per heavy atom. The monoisotopic (exact) mass is 944 g/mol. The molecule has 0 fully saturated rings. The summed E-state index contributed by atoms with van der Waals surface area (Å²) in [6, 6.07) is 59.7. The van der Waals surface area contributed by atoms with Crippen molar-refractivity contribution in [2.75, 3.05) is 14.1 Å². The normalized spacial score (nSPS) is 11.4. The second kappa shape index (κ2) is 20.2. The van der Waals surface area contributed by atoms with E-state index in [2.05, 4.69) is 188 Å². The number of rotatable bonds is 8. The minimum atomic E-state index is 0.831. The van der Waals surface area contributed by atoms with Gasteiger partial charge in [-0.25, -0.2) is 0 Å². The first-order valence-electron chi connectivity index (χ1n) is 23.9. The molecule has 0 atom stereocenters. The highest BCUT2D eigenvalue weighted by atomic mass is 16.3. The fraction of sp³-hybridized carbons (Fsp3) is 0.0312. The lowest BCUT2D eigenvalue weighted by atomic mass is 10.0. The van der Waals surface area contributed by atoms with Gasteiger partial charge in [0, 0.05) is 119 Å². The Hall–Kier alpha value is -9.86. The van der Waals surface area contributed by atoms with Crippen molar-refractivity contribution in [1.29, 1.82) is 0 Å². The molecular formula is C64H48N8O. The number of fused-ring (bicyclic) bond motifs is 9. The van der Waals surface area contributed by atoms with Gasteiger partial charge in [-0.15, -0.1) is 0 Å². The van der Waals surface area contributed by atoms with Crippen LogP contribution in [0.3, 0.4) is 0 Å². The molecular weight excluding hydrogens is 897 g/mol. The molecule has 9 nitrogen and oxygen atoms in total. The molecule has 0 radical (unpaired) electrons. The van der Waals surface area contributed by atoms with Crippen molar-refractivity contribution in [3.8, 4) is 55.9 Å². The molecule has 0 spiro atoms. The van der Waals surface area contributed by atoms with E-state index in [1.54, 1.807) is 38.7 Å². The van der Waals surface area contributed by atoms with Gasteiger partial charge in [0.1, 0.15) is 11.2 Å². The van der Waals surface area contributed by atoms with Gasteiger partial charge in [-0.05, 0) is 119 Å². The van der Waals surface area contributed by atoms with E-state index in [1.807, 2.05) is 61.4 Å². The molecule has 6 aromatic carbocycles. The smallest absolute Gasteiger partial charge is 0.135 e. The van der Waals surface area contributed by atoms with Crippen LogP contribution in [0.25, 0.3) is 122 Å². The van der Waals surface area contributed by atoms with Gasteiger partial charge in [-0.1, -0.05) is 98.1 Å². The lowest BCUT2D eigenvalue weighted by Crippen LogP contribution is -1.94. The van der Waals surface area contributed by atoms with E-state index < -0.39 is 0 Å². The van der Waals surface area contributed by atoms with Crippen molar-refractivity contribution in [1.82, 2.24) is 29.1 Å². The number of allylic oxidation sites excluding steroid dienone is 2. The topological polar surface area (TPSA) is 99.3 Å². The zero-order chi connectivity index (χ0) is 49.7. The third kappa shape index (κ3) is 8.76. The predicted octanol–water partition coefficient (Wildman–Crippen LogP) is 15.8. The number of aliphatic imine (C=N–C) groups is 2. The summed E-state index contributed by atoms with van der Waals surface area (Å²) < 4.78 is 11.1. The second-order valence-corrected chi connectivity index (χ2v) is 17.3. The maximum Gasteiger partial charge on any atom is 0.135 e. The number of hydrogen-bond donors (Lipinski definition) is 0. The Bertz CT molecular complexity index is 3950. The molecule has 0 saturated heterocycles. The van der Waals surface area contributed by atoms with Crippen molar-refractivity contribution in [2.24, 2.45) is 9.98 Å². The van der Waals surface area contributed by atoms with Crippen LogP contribution >= 0.6 is 0 Å². The maximum atomic E-state index is 6.50. The zero-order valence-electron chi connectivity index (χ0n) is 40.3. The van der Waals surface area contributed by atoms with E-state index in [4.69, 9.17) is 14.4 Å². The summed E-state index contributed by atoms with van der Waals surface area (Å²) in [4.78, 5) is 26.3. The van der Waals surface area contributed by atoms with Gasteiger partial charge in [-0.2, -0.15) is 0 Å². The van der Waals surface area contributed by atoms with Crippen LogP contribution in [-0.4, -0.2) is 55.6 Å². The third-order valence-corrected chi connectivity index (χ3v) is 12.9. The first-order valence-corrected chi connectivity index (χ1v) is 23.9. The molecule has 0 saturated carbocycles. The Morgan fingerprint density at radius 2 is 0.822 bits per heavy atom. The molecule has 0 unspecified atom stereocenters. The standard InChI is InChI=1S/C56H34N6O.2C4H7N/c1-3-9-35(10-4-1)39-25-41(33-57-31-39)37-15-19-49-47(27-37)55-51(13-7-23-59-55)61(49)43-17-21-53-45(29-43)46-30-44(18-22-54(46)63-53)62-50-20-16-38(28-48(50)56-52(62)14-8-24-60-56)42-26-40(32-58-34-42)36-11-5-2-6-12-36;2*1-3-4-5-2/h1-34H;2*3-4H,1H2,2H3. The van der Waals surface area contributed by atoms with Gasteiger partial charge in [0.2, 0.25) is 0 Å². The van der Waals surface area contributed by atoms with Gasteiger partial charge in [-0.3, -0.25) is 29.9 Å². The molecule has 0 aliphatic rings. The summed E-state index contributed by atoms with van der Waals surface area (Å²) >= 11 is 0. The van der Waals surface area contributed by atoms with Crippen LogP contribution in [0.4, 0.5) is 0 Å². The van der Waals surface area contributed by atoms with Gasteiger partial charge in [0.05, 0.1) is 33.1 Å². The summed E-state index contributed by atoms with van der Waals surface area (Å²) in [5, 5.41) is 4.23. The van der Waals surface area contributed by atoms with Crippen molar-refractivity contribution >= 4 is 78.2 Å². The lowest BCUT2D eigenvalue weighted by Gasteiger charge is -2.10. The summed E-state index contributed by atoms with van der Waals surface area (Å²) in [7, 11) is 3.42. The predicted molar refractivity (Wildman–Crippen MR) is 305 cm³/mol. The summed E-state index contributed by atoms with van der Waals surface area (Å²) in [6.07, 6.45) is 18.0. The largest absolute Gasteiger partial charge is 0.456 e. The molecule has 73 heavy (non-hydrogen) atoms. The molecule has 7 aromatic heterocycles. The number of furan rings is 1. The Kier molecular flexibility index (Phi) is 12.6. The van der Waals surface area contributed by atoms with Gasteiger partial charge < -0.3 is 13.6 Å². The fourth-order valence-electron chi connectivity index (χ4n) is 9.60. The quantitative estimate of drug-likeness (QED) is 0.141. The Labute approximate surface area is 422 Å². The number of hydrogen-bond acceptors (Lipinski definition) is 7. The van der Waals surface area contributed by atoms with Crippen LogP contribution in [-0.2, 0) is 0 Å². The van der Waals surface area contributed by atoms with E-state index >= 15 is 0 Å². The number of nitrogens with zero attached hydrogens (tertiary/aromatic N) is 8. The summed E-state index contributed by atoms with van der Waals surface area (Å²) in [6.45, 7) is 6.80. The molecule has 350 valence electrons. The van der Waals surface area contributed by atoms with Crippen molar-refractivity contribution in [2.45, 2.75) is 0 Å². The second-order valence-electron chi connectivity index (χ2n) is 17.3. The van der Waals surface area contributed by atoms with Crippen LogP contribution in [0, 0.1) is 0 Å². The SMILES string of the molecule is C=CC=NC.C=CC=NC.c1ccc(-c2cncc(-c3ccc4c(c3)c3ncccc3n4-c3ccc4oc5ccc(-n6c7ccc(-c8cncc(-c9ccccc9)c8)cc7c7ncccc76)cc5c4c3)c2)cc1. The average molecular weight is 945 g/mol. The van der Waals surface area contributed by atoms with Crippen molar-refractivity contribution < 1.29 is 4.42 Å². The Balaban J connectivity index is 0.000000527. The molecule has 13 rings (SSSR count). The molecule has 9 heteroatoms. The van der Waals surface area contributed by atoms with E-state index in [9.17, 15) is 0 Å². The molecule has 0 bridgehead atoms. The molecule has 0 amide bonds. The van der Waals surface area contributed by atoms with E-state index in [1.165, 1.54) is 0 Å². The first-order chi connectivity index (χ1) is 36.0. The fourth-order valence-corrected chi connectivity index (χ4v) is 9.60. The van der Waals surface area contributed by atoms with E-state index in [0.717, 1.165) is 122 Å². The van der Waals surface area contributed by atoms with Crippen LogP contribution in [0.15, 0.2) is 247 Å². The highest BCUT2D eigenvalue weighted by Gasteiger charge is 2.19. The molecule has 13 aromatic rings. The van der Waals surface area contributed by atoms with E-state index in [-0.39, 0.29) is 0 Å². The number of pyridine rings is 4. The first kappa shape index (κ1) is 45.6. The molecule has 0 aliphatic heterocycles. The van der Waals surface area contributed by atoms with Gasteiger partial charge in [0.25, 0.3) is 0 Å². The minimum Gasteiger partial charge on any atom is -0.456 e. The summed E-state index contributed by atoms with van der Waals surface area (Å²) in [5.74, 6) is 0. The van der Waals surface area contributed by atoms with Crippen LogP contribution in [0.1, 0.15) is 0 Å².